The summed E-state index contributed by atoms with van der Waals surface area (Å²) in [5, 5.41) is 4.88. The smallest absolute Gasteiger partial charge is 0.275 e. The monoisotopic (exact) mass is 301 g/mol. The Morgan fingerprint density at radius 1 is 1.23 bits per heavy atom. The van der Waals surface area contributed by atoms with Gasteiger partial charge in [-0.15, -0.1) is 0 Å². The van der Waals surface area contributed by atoms with Crippen LogP contribution in [0.25, 0.3) is 10.9 Å². The minimum Gasteiger partial charge on any atom is -0.383 e. The first-order chi connectivity index (χ1) is 10.6. The summed E-state index contributed by atoms with van der Waals surface area (Å²) in [7, 11) is 1.65. The van der Waals surface area contributed by atoms with Gasteiger partial charge in [-0.2, -0.15) is 0 Å². The fraction of sp³-hybridized carbons (Fsp3) is 0.375. The van der Waals surface area contributed by atoms with Crippen LogP contribution in [0, 0.1) is 13.8 Å². The second kappa shape index (κ2) is 5.81. The fourth-order valence-electron chi connectivity index (χ4n) is 2.64. The van der Waals surface area contributed by atoms with E-state index in [0.29, 0.717) is 25.2 Å². The Morgan fingerprint density at radius 3 is 2.59 bits per heavy atom. The van der Waals surface area contributed by atoms with E-state index in [1.165, 1.54) is 0 Å². The number of hydrogen-bond donors (Lipinski definition) is 0. The Bertz CT molecular complexity index is 838. The molecular weight excluding hydrogens is 282 g/mol. The molecule has 3 aromatic heterocycles. The molecular formula is C16H19N3O3. The second-order valence-corrected chi connectivity index (χ2v) is 5.36. The van der Waals surface area contributed by atoms with Gasteiger partial charge in [0.2, 0.25) is 0 Å². The van der Waals surface area contributed by atoms with Crippen molar-refractivity contribution >= 4 is 10.9 Å². The number of methoxy groups -OCH3 is 1. The molecule has 3 rings (SSSR count). The molecule has 0 radical (unpaired) electrons. The maximum atomic E-state index is 12.8. The van der Waals surface area contributed by atoms with E-state index in [-0.39, 0.29) is 5.56 Å². The van der Waals surface area contributed by atoms with E-state index in [4.69, 9.17) is 9.26 Å². The van der Waals surface area contributed by atoms with Crippen LogP contribution in [-0.2, 0) is 17.8 Å². The summed E-state index contributed by atoms with van der Waals surface area (Å²) in [6.45, 7) is 5.44. The van der Waals surface area contributed by atoms with Gasteiger partial charge < -0.3 is 18.4 Å². The van der Waals surface area contributed by atoms with Crippen molar-refractivity contribution in [2.45, 2.75) is 26.9 Å². The van der Waals surface area contributed by atoms with Gasteiger partial charge in [-0.1, -0.05) is 5.16 Å². The summed E-state index contributed by atoms with van der Waals surface area (Å²) >= 11 is 0. The number of aryl methyl sites for hydroxylation is 2. The zero-order chi connectivity index (χ0) is 15.7. The van der Waals surface area contributed by atoms with Gasteiger partial charge in [0.05, 0.1) is 18.8 Å². The lowest BCUT2D eigenvalue weighted by molar-refractivity contribution is 0.188. The van der Waals surface area contributed by atoms with Crippen LogP contribution >= 0.6 is 0 Å². The molecule has 22 heavy (non-hydrogen) atoms. The Morgan fingerprint density at radius 2 is 1.95 bits per heavy atom. The lowest BCUT2D eigenvalue weighted by atomic mass is 10.2. The fourth-order valence-corrected chi connectivity index (χ4v) is 2.64. The van der Waals surface area contributed by atoms with Crippen molar-refractivity contribution in [3.8, 4) is 0 Å². The third-order valence-electron chi connectivity index (χ3n) is 3.94. The standard InChI is InChI=1S/C16H19N3O3/c1-11-14(12(2)22-17-11)10-19-7-5-13-4-6-18(8-9-21-3)15(13)16(19)20/h4-7H,8-10H2,1-3H3. The average molecular weight is 301 g/mol. The molecule has 6 nitrogen and oxygen atoms in total. The summed E-state index contributed by atoms with van der Waals surface area (Å²) in [5.41, 5.74) is 2.46. The van der Waals surface area contributed by atoms with Crippen LogP contribution < -0.4 is 5.56 Å². The number of rotatable bonds is 5. The molecule has 0 fully saturated rings. The van der Waals surface area contributed by atoms with Crippen molar-refractivity contribution in [1.29, 1.82) is 0 Å². The molecule has 0 aliphatic carbocycles. The highest BCUT2D eigenvalue weighted by Crippen LogP contribution is 2.15. The molecule has 116 valence electrons. The maximum Gasteiger partial charge on any atom is 0.275 e. The van der Waals surface area contributed by atoms with Crippen LogP contribution in [-0.4, -0.2) is 28.0 Å². The molecule has 0 unspecified atom stereocenters. The van der Waals surface area contributed by atoms with E-state index < -0.39 is 0 Å². The van der Waals surface area contributed by atoms with Crippen LogP contribution in [0.3, 0.4) is 0 Å². The minimum atomic E-state index is -0.0152. The Labute approximate surface area is 127 Å². The third-order valence-corrected chi connectivity index (χ3v) is 3.94. The van der Waals surface area contributed by atoms with E-state index in [1.54, 1.807) is 11.7 Å². The van der Waals surface area contributed by atoms with E-state index >= 15 is 0 Å². The van der Waals surface area contributed by atoms with Gasteiger partial charge in [-0.05, 0) is 26.0 Å². The number of nitrogens with zero attached hydrogens (tertiary/aromatic N) is 3. The number of fused-ring (bicyclic) bond motifs is 1. The maximum absolute atomic E-state index is 12.8. The van der Waals surface area contributed by atoms with Crippen molar-refractivity contribution in [1.82, 2.24) is 14.3 Å². The van der Waals surface area contributed by atoms with Gasteiger partial charge in [-0.25, -0.2) is 0 Å². The summed E-state index contributed by atoms with van der Waals surface area (Å²) in [5.74, 6) is 0.749. The minimum absolute atomic E-state index is 0.0152. The molecule has 0 aliphatic heterocycles. The summed E-state index contributed by atoms with van der Waals surface area (Å²) in [6, 6.07) is 3.91. The van der Waals surface area contributed by atoms with Gasteiger partial charge in [0.1, 0.15) is 11.3 Å². The van der Waals surface area contributed by atoms with Crippen LogP contribution in [0.1, 0.15) is 17.0 Å². The van der Waals surface area contributed by atoms with Crippen molar-refractivity contribution in [2.75, 3.05) is 13.7 Å². The highest BCUT2D eigenvalue weighted by Gasteiger charge is 2.13. The van der Waals surface area contributed by atoms with Gasteiger partial charge in [0.25, 0.3) is 5.56 Å². The van der Waals surface area contributed by atoms with Gasteiger partial charge in [0, 0.05) is 37.0 Å². The average Bonchev–Trinajstić information content (AvgIpc) is 3.06. The zero-order valence-corrected chi connectivity index (χ0v) is 13.0. The van der Waals surface area contributed by atoms with E-state index in [0.717, 1.165) is 22.4 Å². The molecule has 0 saturated carbocycles. The molecule has 0 bridgehead atoms. The van der Waals surface area contributed by atoms with Crippen molar-refractivity contribution in [3.63, 3.8) is 0 Å². The number of aromatic nitrogens is 3. The third kappa shape index (κ3) is 2.46. The summed E-state index contributed by atoms with van der Waals surface area (Å²) in [4.78, 5) is 12.8. The normalized spacial score (nSPS) is 11.4. The Kier molecular flexibility index (Phi) is 3.85. The summed E-state index contributed by atoms with van der Waals surface area (Å²) < 4.78 is 13.9. The molecule has 3 heterocycles. The first-order valence-corrected chi connectivity index (χ1v) is 7.20. The lowest BCUT2D eigenvalue weighted by Gasteiger charge is -2.08. The molecule has 0 atom stereocenters. The first-order valence-electron chi connectivity index (χ1n) is 7.20. The molecule has 3 aromatic rings. The van der Waals surface area contributed by atoms with E-state index in [2.05, 4.69) is 5.16 Å². The Balaban J connectivity index is 2.04. The van der Waals surface area contributed by atoms with Crippen LogP contribution in [0.2, 0.25) is 0 Å². The first kappa shape index (κ1) is 14.6. The Hall–Kier alpha value is -2.34. The van der Waals surface area contributed by atoms with Crippen molar-refractivity contribution < 1.29 is 9.26 Å². The van der Waals surface area contributed by atoms with E-state index in [9.17, 15) is 4.79 Å². The molecule has 0 aliphatic rings. The molecule has 0 N–H and O–H groups in total. The molecule has 6 heteroatoms. The topological polar surface area (TPSA) is 62.2 Å². The predicted molar refractivity (Wildman–Crippen MR) is 83.2 cm³/mol. The molecule has 0 spiro atoms. The van der Waals surface area contributed by atoms with Gasteiger partial charge in [0.15, 0.2) is 0 Å². The molecule has 0 saturated heterocycles. The van der Waals surface area contributed by atoms with Crippen LogP contribution in [0.4, 0.5) is 0 Å². The highest BCUT2D eigenvalue weighted by molar-refractivity contribution is 5.78. The highest BCUT2D eigenvalue weighted by atomic mass is 16.5. The lowest BCUT2D eigenvalue weighted by Crippen LogP contribution is -2.22. The van der Waals surface area contributed by atoms with Crippen molar-refractivity contribution in [3.05, 3.63) is 51.9 Å². The van der Waals surface area contributed by atoms with Crippen LogP contribution in [0.5, 0.6) is 0 Å². The SMILES string of the molecule is COCCn1ccc2ccn(Cc3c(C)noc3C)c(=O)c21. The zero-order valence-electron chi connectivity index (χ0n) is 13.0. The number of hydrogen-bond acceptors (Lipinski definition) is 4. The largest absolute Gasteiger partial charge is 0.383 e. The second-order valence-electron chi connectivity index (χ2n) is 5.36. The van der Waals surface area contributed by atoms with Crippen molar-refractivity contribution in [2.24, 2.45) is 0 Å². The number of ether oxygens (including phenoxy) is 1. The molecule has 0 aromatic carbocycles. The predicted octanol–water partition coefficient (Wildman–Crippen LogP) is 2.10. The van der Waals surface area contributed by atoms with Gasteiger partial charge >= 0.3 is 0 Å². The van der Waals surface area contributed by atoms with Crippen LogP contribution in [0.15, 0.2) is 33.8 Å². The summed E-state index contributed by atoms with van der Waals surface area (Å²) in [6.07, 6.45) is 3.74. The quantitative estimate of drug-likeness (QED) is 0.724. The van der Waals surface area contributed by atoms with E-state index in [1.807, 2.05) is 42.9 Å². The molecule has 0 amide bonds. The van der Waals surface area contributed by atoms with Gasteiger partial charge in [-0.3, -0.25) is 4.79 Å². The number of pyridine rings is 1.